The van der Waals surface area contributed by atoms with Gasteiger partial charge in [-0.1, -0.05) is 13.8 Å². The number of halogens is 1. The van der Waals surface area contributed by atoms with E-state index >= 15 is 0 Å². The molecular formula is C22H26FN3O5. The molecule has 0 saturated carbocycles. The number of nitrogens with zero attached hydrogens (tertiary/aromatic N) is 1. The molecule has 2 rings (SSSR count). The third-order valence-corrected chi connectivity index (χ3v) is 5.21. The van der Waals surface area contributed by atoms with Gasteiger partial charge in [0.2, 0.25) is 0 Å². The summed E-state index contributed by atoms with van der Waals surface area (Å²) in [6, 6.07) is 2.93. The lowest BCUT2D eigenvalue weighted by Crippen LogP contribution is -2.47. The molecule has 0 aliphatic rings. The predicted octanol–water partition coefficient (Wildman–Crippen LogP) is 2.75. The van der Waals surface area contributed by atoms with Crippen molar-refractivity contribution in [1.82, 2.24) is 9.88 Å². The summed E-state index contributed by atoms with van der Waals surface area (Å²) in [5.74, 6) is -4.58. The van der Waals surface area contributed by atoms with E-state index < -0.39 is 41.3 Å². The average molecular weight is 431 g/mol. The normalized spacial score (nSPS) is 11.9. The lowest BCUT2D eigenvalue weighted by atomic mass is 10.0. The lowest BCUT2D eigenvalue weighted by Gasteiger charge is -2.17. The fraction of sp³-hybridized carbons (Fsp3) is 0.364. The highest BCUT2D eigenvalue weighted by atomic mass is 19.1. The largest absolute Gasteiger partial charge is 0.480 e. The Balaban J connectivity index is 2.35. The van der Waals surface area contributed by atoms with Gasteiger partial charge in [-0.25, -0.2) is 9.18 Å². The number of Topliss-reactive ketones (excluding diaryl/α,β-unsaturated/α-hetero) is 1. The van der Waals surface area contributed by atoms with Gasteiger partial charge in [0.25, 0.3) is 17.6 Å². The molecule has 0 saturated heterocycles. The van der Waals surface area contributed by atoms with Crippen molar-refractivity contribution < 1.29 is 28.7 Å². The Morgan fingerprint density at radius 2 is 1.71 bits per heavy atom. The minimum atomic E-state index is -1.24. The van der Waals surface area contributed by atoms with Crippen molar-refractivity contribution in [3.05, 3.63) is 52.1 Å². The van der Waals surface area contributed by atoms with E-state index in [1.807, 2.05) is 0 Å². The Hall–Kier alpha value is -3.49. The number of carbonyl (C=O) groups is 4. The molecule has 0 unspecified atom stereocenters. The van der Waals surface area contributed by atoms with E-state index in [1.54, 1.807) is 34.7 Å². The van der Waals surface area contributed by atoms with Crippen molar-refractivity contribution in [2.75, 3.05) is 5.32 Å². The van der Waals surface area contributed by atoms with Crippen LogP contribution in [0.5, 0.6) is 0 Å². The molecule has 2 aromatic rings. The number of anilines is 1. The van der Waals surface area contributed by atoms with E-state index in [2.05, 4.69) is 10.6 Å². The first-order valence-electron chi connectivity index (χ1n) is 9.68. The van der Waals surface area contributed by atoms with Crippen molar-refractivity contribution in [3.8, 4) is 0 Å². The molecule has 166 valence electrons. The van der Waals surface area contributed by atoms with Crippen LogP contribution in [0.4, 0.5) is 10.1 Å². The molecule has 1 aromatic carbocycles. The summed E-state index contributed by atoms with van der Waals surface area (Å²) >= 11 is 0. The molecule has 0 radical (unpaired) electrons. The van der Waals surface area contributed by atoms with Gasteiger partial charge in [-0.3, -0.25) is 14.4 Å². The first kappa shape index (κ1) is 23.8. The molecule has 1 atom stereocenters. The fourth-order valence-electron chi connectivity index (χ4n) is 3.38. The molecule has 31 heavy (non-hydrogen) atoms. The van der Waals surface area contributed by atoms with E-state index in [0.717, 1.165) is 0 Å². The van der Waals surface area contributed by atoms with Crippen LogP contribution in [-0.4, -0.2) is 39.3 Å². The van der Waals surface area contributed by atoms with Gasteiger partial charge in [-0.05, 0) is 56.0 Å². The zero-order chi connectivity index (χ0) is 23.6. The highest BCUT2D eigenvalue weighted by Gasteiger charge is 2.31. The minimum Gasteiger partial charge on any atom is -0.480 e. The Kier molecular flexibility index (Phi) is 6.99. The van der Waals surface area contributed by atoms with Crippen LogP contribution < -0.4 is 10.6 Å². The zero-order valence-electron chi connectivity index (χ0n) is 18.3. The number of aromatic nitrogens is 1. The molecule has 0 fully saturated rings. The molecule has 0 bridgehead atoms. The van der Waals surface area contributed by atoms with E-state index in [1.165, 1.54) is 29.7 Å². The Labute approximate surface area is 179 Å². The smallest absolute Gasteiger partial charge is 0.326 e. The Morgan fingerprint density at radius 3 is 2.23 bits per heavy atom. The van der Waals surface area contributed by atoms with Gasteiger partial charge in [-0.15, -0.1) is 0 Å². The Morgan fingerprint density at radius 1 is 1.10 bits per heavy atom. The summed E-state index contributed by atoms with van der Waals surface area (Å²) < 4.78 is 14.9. The molecule has 0 aliphatic carbocycles. The quantitative estimate of drug-likeness (QED) is 0.460. The maximum atomic E-state index is 13.5. The summed E-state index contributed by atoms with van der Waals surface area (Å²) in [6.45, 7) is 7.96. The van der Waals surface area contributed by atoms with Crippen LogP contribution in [-0.2, 0) is 16.6 Å². The van der Waals surface area contributed by atoms with Crippen molar-refractivity contribution in [3.63, 3.8) is 0 Å². The van der Waals surface area contributed by atoms with Gasteiger partial charge in [0, 0.05) is 18.4 Å². The van der Waals surface area contributed by atoms with Crippen LogP contribution in [0.15, 0.2) is 18.2 Å². The molecule has 3 N–H and O–H groups in total. The van der Waals surface area contributed by atoms with E-state index in [9.17, 15) is 28.7 Å². The number of carbonyl (C=O) groups excluding carboxylic acids is 3. The number of ketones is 1. The molecular weight excluding hydrogens is 405 g/mol. The minimum absolute atomic E-state index is 0.0108. The Bertz CT molecular complexity index is 1070. The number of hydrogen-bond acceptors (Lipinski definition) is 4. The SMILES string of the molecule is Cc1cc(NC(=O)c2c(C)c(C(=O)C(=O)N[C@H](C(=O)O)C(C)C)n(C)c2C)ccc1F. The third-order valence-electron chi connectivity index (χ3n) is 5.21. The van der Waals surface area contributed by atoms with Gasteiger partial charge in [0.15, 0.2) is 0 Å². The monoisotopic (exact) mass is 431 g/mol. The average Bonchev–Trinajstić information content (AvgIpc) is 2.90. The van der Waals surface area contributed by atoms with Crippen LogP contribution in [0, 0.1) is 32.5 Å². The van der Waals surface area contributed by atoms with Crippen LogP contribution in [0.2, 0.25) is 0 Å². The molecule has 2 amide bonds. The van der Waals surface area contributed by atoms with Crippen molar-refractivity contribution >= 4 is 29.3 Å². The van der Waals surface area contributed by atoms with Crippen molar-refractivity contribution in [1.29, 1.82) is 0 Å². The topological polar surface area (TPSA) is 118 Å². The summed E-state index contributed by atoms with van der Waals surface area (Å²) in [5, 5.41) is 14.2. The van der Waals surface area contributed by atoms with Crippen LogP contribution in [0.1, 0.15) is 51.5 Å². The third kappa shape index (κ3) is 4.82. The second-order valence-electron chi connectivity index (χ2n) is 7.77. The van der Waals surface area contributed by atoms with Crippen molar-refractivity contribution in [2.24, 2.45) is 13.0 Å². The summed E-state index contributed by atoms with van der Waals surface area (Å²) in [6.07, 6.45) is 0. The number of carboxylic acids is 1. The van der Waals surface area contributed by atoms with Crippen LogP contribution >= 0.6 is 0 Å². The lowest BCUT2D eigenvalue weighted by molar-refractivity contribution is -0.142. The van der Waals surface area contributed by atoms with E-state index in [0.29, 0.717) is 16.9 Å². The van der Waals surface area contributed by atoms with Crippen LogP contribution in [0.3, 0.4) is 0 Å². The highest BCUT2D eigenvalue weighted by Crippen LogP contribution is 2.24. The van der Waals surface area contributed by atoms with Crippen LogP contribution in [0.25, 0.3) is 0 Å². The molecule has 8 nitrogen and oxygen atoms in total. The van der Waals surface area contributed by atoms with Gasteiger partial charge in [0.1, 0.15) is 11.9 Å². The summed E-state index contributed by atoms with van der Waals surface area (Å²) in [5.41, 5.74) is 1.68. The number of rotatable bonds is 7. The number of hydrogen-bond donors (Lipinski definition) is 3. The number of aliphatic carboxylic acids is 1. The zero-order valence-corrected chi connectivity index (χ0v) is 18.3. The predicted molar refractivity (Wildman–Crippen MR) is 113 cm³/mol. The maximum Gasteiger partial charge on any atom is 0.326 e. The first-order chi connectivity index (χ1) is 14.4. The van der Waals surface area contributed by atoms with E-state index in [-0.39, 0.29) is 16.8 Å². The number of carboxylic acid groups (broad SMARTS) is 1. The highest BCUT2D eigenvalue weighted by molar-refractivity contribution is 6.43. The number of amides is 2. The molecule has 0 spiro atoms. The summed E-state index contributed by atoms with van der Waals surface area (Å²) in [7, 11) is 1.54. The summed E-state index contributed by atoms with van der Waals surface area (Å²) in [4.78, 5) is 49.4. The standard InChI is InChI=1S/C22H26FN3O5/c1-10(2)17(22(30)31)25-21(29)19(27)18-12(4)16(13(5)26(18)6)20(28)24-14-7-8-15(23)11(3)9-14/h7-10,17H,1-6H3,(H,24,28)(H,25,29)(H,30,31)/t17-/m0/s1. The van der Waals surface area contributed by atoms with Crippen molar-refractivity contribution in [2.45, 2.75) is 40.7 Å². The molecule has 9 heteroatoms. The molecule has 1 heterocycles. The van der Waals surface area contributed by atoms with Gasteiger partial charge in [0.05, 0.1) is 11.3 Å². The van der Waals surface area contributed by atoms with Gasteiger partial charge in [-0.2, -0.15) is 0 Å². The second-order valence-corrected chi connectivity index (χ2v) is 7.77. The number of aryl methyl sites for hydroxylation is 1. The molecule has 0 aliphatic heterocycles. The number of benzene rings is 1. The van der Waals surface area contributed by atoms with Gasteiger partial charge >= 0.3 is 5.97 Å². The van der Waals surface area contributed by atoms with Gasteiger partial charge < -0.3 is 20.3 Å². The fourth-order valence-corrected chi connectivity index (χ4v) is 3.38. The number of nitrogens with one attached hydrogen (secondary N) is 2. The molecule has 1 aromatic heterocycles. The maximum absolute atomic E-state index is 13.5. The first-order valence-corrected chi connectivity index (χ1v) is 9.68. The second kappa shape index (κ2) is 9.11. The van der Waals surface area contributed by atoms with E-state index in [4.69, 9.17) is 0 Å².